The Morgan fingerprint density at radius 3 is 2.38 bits per heavy atom. The van der Waals surface area contributed by atoms with Gasteiger partial charge in [0.25, 0.3) is 0 Å². The molecule has 0 saturated carbocycles. The summed E-state index contributed by atoms with van der Waals surface area (Å²) >= 11 is 0. The SMILES string of the molecule is CCC(Nc1ccc(S(N)(=O)=O)cc1F)c1ccccc1. The van der Waals surface area contributed by atoms with Crippen LogP contribution in [0.4, 0.5) is 10.1 Å². The first kappa shape index (κ1) is 15.5. The lowest BCUT2D eigenvalue weighted by Crippen LogP contribution is -2.14. The van der Waals surface area contributed by atoms with Gasteiger partial charge in [-0.25, -0.2) is 17.9 Å². The van der Waals surface area contributed by atoms with Crippen molar-refractivity contribution in [3.63, 3.8) is 0 Å². The Bertz CT molecular complexity index is 718. The van der Waals surface area contributed by atoms with Crippen molar-refractivity contribution in [2.24, 2.45) is 5.14 Å². The smallest absolute Gasteiger partial charge is 0.238 e. The van der Waals surface area contributed by atoms with Crippen LogP contribution < -0.4 is 10.5 Å². The van der Waals surface area contributed by atoms with Crippen molar-refractivity contribution in [2.45, 2.75) is 24.3 Å². The summed E-state index contributed by atoms with van der Waals surface area (Å²) in [4.78, 5) is -0.238. The molecular weight excluding hydrogens is 291 g/mol. The molecule has 1 unspecified atom stereocenters. The Labute approximate surface area is 123 Å². The van der Waals surface area contributed by atoms with E-state index >= 15 is 0 Å². The number of sulfonamides is 1. The average Bonchev–Trinajstić information content (AvgIpc) is 2.46. The molecule has 6 heteroatoms. The predicted molar refractivity (Wildman–Crippen MR) is 80.9 cm³/mol. The highest BCUT2D eigenvalue weighted by Crippen LogP contribution is 2.25. The van der Waals surface area contributed by atoms with Gasteiger partial charge in [-0.2, -0.15) is 0 Å². The normalized spacial score (nSPS) is 12.9. The molecule has 0 spiro atoms. The van der Waals surface area contributed by atoms with Crippen LogP contribution in [-0.2, 0) is 10.0 Å². The van der Waals surface area contributed by atoms with Crippen molar-refractivity contribution >= 4 is 15.7 Å². The van der Waals surface area contributed by atoms with Crippen LogP contribution in [0.1, 0.15) is 24.9 Å². The average molecular weight is 308 g/mol. The standard InChI is InChI=1S/C15H17FN2O2S/c1-2-14(11-6-4-3-5-7-11)18-15-9-8-12(10-13(15)16)21(17,19)20/h3-10,14,18H,2H2,1H3,(H2,17,19,20). The molecule has 2 aromatic carbocycles. The molecule has 0 bridgehead atoms. The molecule has 4 nitrogen and oxygen atoms in total. The number of primary sulfonamides is 1. The number of rotatable bonds is 5. The Hall–Kier alpha value is -1.92. The van der Waals surface area contributed by atoms with Crippen LogP contribution >= 0.6 is 0 Å². The minimum atomic E-state index is -3.90. The topological polar surface area (TPSA) is 72.2 Å². The van der Waals surface area contributed by atoms with Crippen molar-refractivity contribution < 1.29 is 12.8 Å². The van der Waals surface area contributed by atoms with Crippen molar-refractivity contribution in [2.75, 3.05) is 5.32 Å². The van der Waals surface area contributed by atoms with E-state index in [1.54, 1.807) is 0 Å². The van der Waals surface area contributed by atoms with E-state index in [2.05, 4.69) is 5.32 Å². The molecule has 1 atom stereocenters. The lowest BCUT2D eigenvalue weighted by molar-refractivity contribution is 0.592. The number of hydrogen-bond acceptors (Lipinski definition) is 3. The minimum absolute atomic E-state index is 0.0546. The van der Waals surface area contributed by atoms with Gasteiger partial charge in [-0.3, -0.25) is 0 Å². The summed E-state index contributed by atoms with van der Waals surface area (Å²) in [5.74, 6) is -0.643. The molecule has 2 aromatic rings. The highest BCUT2D eigenvalue weighted by atomic mass is 32.2. The monoisotopic (exact) mass is 308 g/mol. The number of benzene rings is 2. The Morgan fingerprint density at radius 2 is 1.86 bits per heavy atom. The van der Waals surface area contributed by atoms with E-state index in [1.165, 1.54) is 12.1 Å². The highest BCUT2D eigenvalue weighted by Gasteiger charge is 2.14. The van der Waals surface area contributed by atoms with E-state index in [0.717, 1.165) is 18.1 Å². The van der Waals surface area contributed by atoms with Crippen LogP contribution in [-0.4, -0.2) is 8.42 Å². The molecule has 0 aliphatic rings. The van der Waals surface area contributed by atoms with Crippen molar-refractivity contribution in [1.29, 1.82) is 0 Å². The number of nitrogens with two attached hydrogens (primary N) is 1. The maximum absolute atomic E-state index is 14.0. The fourth-order valence-corrected chi connectivity index (χ4v) is 2.61. The van der Waals surface area contributed by atoms with E-state index in [0.29, 0.717) is 0 Å². The lowest BCUT2D eigenvalue weighted by atomic mass is 10.0. The van der Waals surface area contributed by atoms with Crippen LogP contribution in [0.3, 0.4) is 0 Å². The molecule has 2 rings (SSSR count). The molecule has 21 heavy (non-hydrogen) atoms. The van der Waals surface area contributed by atoms with E-state index in [1.807, 2.05) is 37.3 Å². The molecule has 0 amide bonds. The van der Waals surface area contributed by atoms with Gasteiger partial charge >= 0.3 is 0 Å². The Kier molecular flexibility index (Phi) is 4.59. The molecule has 112 valence electrons. The molecule has 0 aliphatic carbocycles. The zero-order chi connectivity index (χ0) is 15.5. The largest absolute Gasteiger partial charge is 0.376 e. The maximum Gasteiger partial charge on any atom is 0.238 e. The van der Waals surface area contributed by atoms with Gasteiger partial charge < -0.3 is 5.32 Å². The maximum atomic E-state index is 14.0. The second-order valence-electron chi connectivity index (χ2n) is 4.70. The van der Waals surface area contributed by atoms with Crippen LogP contribution in [0.2, 0.25) is 0 Å². The molecule has 3 N–H and O–H groups in total. The fraction of sp³-hybridized carbons (Fsp3) is 0.200. The second-order valence-corrected chi connectivity index (χ2v) is 6.26. The molecule has 0 aromatic heterocycles. The first-order valence-corrected chi connectivity index (χ1v) is 8.10. The van der Waals surface area contributed by atoms with Gasteiger partial charge in [0.15, 0.2) is 0 Å². The zero-order valence-electron chi connectivity index (χ0n) is 11.6. The number of anilines is 1. The summed E-state index contributed by atoms with van der Waals surface area (Å²) < 4.78 is 36.4. The van der Waals surface area contributed by atoms with Crippen LogP contribution in [0.5, 0.6) is 0 Å². The third-order valence-corrected chi connectivity index (χ3v) is 4.12. The van der Waals surface area contributed by atoms with E-state index in [-0.39, 0.29) is 16.6 Å². The number of hydrogen-bond donors (Lipinski definition) is 2. The summed E-state index contributed by atoms with van der Waals surface area (Å²) in [6.45, 7) is 1.99. The third-order valence-electron chi connectivity index (χ3n) is 3.21. The number of halogens is 1. The number of nitrogens with one attached hydrogen (secondary N) is 1. The van der Waals surface area contributed by atoms with Gasteiger partial charge in [0.2, 0.25) is 10.0 Å². The molecule has 0 radical (unpaired) electrons. The van der Waals surface area contributed by atoms with E-state index in [9.17, 15) is 12.8 Å². The zero-order valence-corrected chi connectivity index (χ0v) is 12.4. The third kappa shape index (κ3) is 3.80. The van der Waals surface area contributed by atoms with Gasteiger partial charge in [-0.15, -0.1) is 0 Å². The second kappa shape index (κ2) is 6.24. The summed E-state index contributed by atoms with van der Waals surface area (Å²) in [7, 11) is -3.90. The molecule has 0 saturated heterocycles. The Morgan fingerprint density at radius 1 is 1.19 bits per heavy atom. The summed E-state index contributed by atoms with van der Waals surface area (Å²) in [5.41, 5.74) is 1.29. The van der Waals surface area contributed by atoms with Crippen molar-refractivity contribution in [1.82, 2.24) is 0 Å². The lowest BCUT2D eigenvalue weighted by Gasteiger charge is -2.19. The van der Waals surface area contributed by atoms with E-state index in [4.69, 9.17) is 5.14 Å². The molecule has 0 fully saturated rings. The van der Waals surface area contributed by atoms with Crippen LogP contribution in [0.15, 0.2) is 53.4 Å². The minimum Gasteiger partial charge on any atom is -0.376 e. The Balaban J connectivity index is 2.27. The molecular formula is C15H17FN2O2S. The highest BCUT2D eigenvalue weighted by molar-refractivity contribution is 7.89. The van der Waals surface area contributed by atoms with Gasteiger partial charge in [0.05, 0.1) is 16.6 Å². The predicted octanol–water partition coefficient (Wildman–Crippen LogP) is 3.04. The first-order chi connectivity index (χ1) is 9.91. The summed E-state index contributed by atoms with van der Waals surface area (Å²) in [5, 5.41) is 8.06. The quantitative estimate of drug-likeness (QED) is 0.891. The van der Waals surface area contributed by atoms with E-state index < -0.39 is 15.8 Å². The van der Waals surface area contributed by atoms with Crippen LogP contribution in [0, 0.1) is 5.82 Å². The summed E-state index contributed by atoms with van der Waals surface area (Å²) in [6.07, 6.45) is 0.764. The van der Waals surface area contributed by atoms with Gasteiger partial charge in [-0.1, -0.05) is 37.3 Å². The molecule has 0 aliphatic heterocycles. The van der Waals surface area contributed by atoms with Crippen LogP contribution in [0.25, 0.3) is 0 Å². The summed E-state index contributed by atoms with van der Waals surface area (Å²) in [6, 6.07) is 13.2. The van der Waals surface area contributed by atoms with Gasteiger partial charge in [-0.05, 0) is 30.2 Å². The van der Waals surface area contributed by atoms with Crippen molar-refractivity contribution in [3.8, 4) is 0 Å². The van der Waals surface area contributed by atoms with Crippen molar-refractivity contribution in [3.05, 3.63) is 59.9 Å². The first-order valence-electron chi connectivity index (χ1n) is 6.55. The van der Waals surface area contributed by atoms with Gasteiger partial charge in [0, 0.05) is 0 Å². The fourth-order valence-electron chi connectivity index (χ4n) is 2.08. The van der Waals surface area contributed by atoms with Gasteiger partial charge in [0.1, 0.15) is 5.82 Å². The molecule has 0 heterocycles.